The second kappa shape index (κ2) is 15.8. The molecule has 2 heteroatoms. The second-order valence-electron chi connectivity index (χ2n) is 16.5. The van der Waals surface area contributed by atoms with Crippen molar-refractivity contribution in [3.8, 4) is 22.3 Å². The summed E-state index contributed by atoms with van der Waals surface area (Å²) >= 11 is 0. The van der Waals surface area contributed by atoms with Crippen LogP contribution >= 0.6 is 0 Å². The Labute approximate surface area is 373 Å². The van der Waals surface area contributed by atoms with Crippen LogP contribution in [0, 0.1) is 0 Å². The highest BCUT2D eigenvalue weighted by Crippen LogP contribution is 2.50. The molecule has 0 aliphatic carbocycles. The van der Waals surface area contributed by atoms with Gasteiger partial charge < -0.3 is 9.80 Å². The zero-order valence-corrected chi connectivity index (χ0v) is 35.1. The lowest BCUT2D eigenvalue weighted by atomic mass is 9.83. The summed E-state index contributed by atoms with van der Waals surface area (Å²) in [6.45, 7) is 0. The number of hydrogen-bond donors (Lipinski definition) is 0. The first-order valence-corrected chi connectivity index (χ1v) is 22.0. The molecule has 0 aliphatic rings. The lowest BCUT2D eigenvalue weighted by molar-refractivity contribution is 1.29. The maximum Gasteiger partial charge on any atom is 0.0468 e. The molecule has 0 bridgehead atoms. The smallest absolute Gasteiger partial charge is 0.0468 e. The van der Waals surface area contributed by atoms with Crippen molar-refractivity contribution in [2.24, 2.45) is 0 Å². The van der Waals surface area contributed by atoms with Gasteiger partial charge in [0.1, 0.15) is 0 Å². The van der Waals surface area contributed by atoms with E-state index in [4.69, 9.17) is 0 Å². The maximum absolute atomic E-state index is 2.43. The van der Waals surface area contributed by atoms with E-state index in [9.17, 15) is 0 Å². The molecular weight excluding hydrogens is 773 g/mol. The van der Waals surface area contributed by atoms with Crippen LogP contribution in [0.15, 0.2) is 255 Å². The van der Waals surface area contributed by atoms with Gasteiger partial charge in [0, 0.05) is 34.1 Å². The van der Waals surface area contributed by atoms with Gasteiger partial charge in [-0.3, -0.25) is 0 Å². The summed E-state index contributed by atoms with van der Waals surface area (Å²) < 4.78 is 0. The standard InChI is InChI=1S/C62H42N2/c1-5-20-44(21-6-1)61-56-37-35-51(63(47-24-7-2-8-25-47)48-26-9-3-10-27-48)42-60(56)62(58-40-46-23-15-16-30-53(46)54-31-17-18-32-55(54)58)57-38-36-52(41-59(57)61)64(49-28-11-4-12-29-49)50-34-33-43-19-13-14-22-45(43)39-50/h1-42H. The zero-order valence-electron chi connectivity index (χ0n) is 35.1. The Balaban J connectivity index is 1.22. The van der Waals surface area contributed by atoms with Crippen molar-refractivity contribution >= 4 is 88.0 Å². The highest BCUT2D eigenvalue weighted by molar-refractivity contribution is 6.26. The minimum absolute atomic E-state index is 1.09. The summed E-state index contributed by atoms with van der Waals surface area (Å²) in [5, 5.41) is 12.2. The van der Waals surface area contributed by atoms with Crippen molar-refractivity contribution in [3.63, 3.8) is 0 Å². The van der Waals surface area contributed by atoms with Crippen molar-refractivity contribution in [2.45, 2.75) is 0 Å². The van der Waals surface area contributed by atoms with Crippen LogP contribution in [0.3, 0.4) is 0 Å². The van der Waals surface area contributed by atoms with E-state index in [0.29, 0.717) is 0 Å². The van der Waals surface area contributed by atoms with Crippen LogP contribution in [0.1, 0.15) is 0 Å². The van der Waals surface area contributed by atoms with E-state index in [1.54, 1.807) is 0 Å². The largest absolute Gasteiger partial charge is 0.310 e. The molecule has 0 aliphatic heterocycles. The van der Waals surface area contributed by atoms with Crippen LogP contribution in [0.5, 0.6) is 0 Å². The molecule has 0 N–H and O–H groups in total. The molecule has 0 atom stereocenters. The van der Waals surface area contributed by atoms with Gasteiger partial charge in [-0.05, 0) is 155 Å². The highest BCUT2D eigenvalue weighted by Gasteiger charge is 2.23. The first kappa shape index (κ1) is 37.3. The van der Waals surface area contributed by atoms with Crippen LogP contribution < -0.4 is 9.80 Å². The zero-order chi connectivity index (χ0) is 42.4. The highest BCUT2D eigenvalue weighted by atomic mass is 15.1. The van der Waals surface area contributed by atoms with Gasteiger partial charge in [-0.1, -0.05) is 176 Å². The summed E-state index contributed by atoms with van der Waals surface area (Å²) in [6, 6.07) is 92.9. The first-order valence-electron chi connectivity index (χ1n) is 22.0. The Morgan fingerprint density at radius 3 is 1.23 bits per heavy atom. The average Bonchev–Trinajstić information content (AvgIpc) is 3.37. The molecule has 300 valence electrons. The molecule has 0 spiro atoms. The summed E-state index contributed by atoms with van der Waals surface area (Å²) in [7, 11) is 0. The van der Waals surface area contributed by atoms with Gasteiger partial charge in [-0.2, -0.15) is 0 Å². The van der Waals surface area contributed by atoms with E-state index in [1.807, 2.05) is 0 Å². The van der Waals surface area contributed by atoms with E-state index >= 15 is 0 Å². The monoisotopic (exact) mass is 814 g/mol. The summed E-state index contributed by atoms with van der Waals surface area (Å²) in [5.41, 5.74) is 11.4. The van der Waals surface area contributed by atoms with Crippen LogP contribution in [0.4, 0.5) is 34.1 Å². The summed E-state index contributed by atoms with van der Waals surface area (Å²) in [6.07, 6.45) is 0. The fourth-order valence-electron chi connectivity index (χ4n) is 9.89. The Hall–Kier alpha value is -8.46. The molecule has 0 aromatic heterocycles. The average molecular weight is 815 g/mol. The molecule has 12 aromatic rings. The van der Waals surface area contributed by atoms with Crippen LogP contribution in [-0.4, -0.2) is 0 Å². The predicted molar refractivity (Wildman–Crippen MR) is 274 cm³/mol. The van der Waals surface area contributed by atoms with Crippen molar-refractivity contribution in [1.29, 1.82) is 0 Å². The van der Waals surface area contributed by atoms with Crippen LogP contribution in [0.2, 0.25) is 0 Å². The van der Waals surface area contributed by atoms with Gasteiger partial charge in [0.2, 0.25) is 0 Å². The number of hydrogen-bond acceptors (Lipinski definition) is 2. The third-order valence-electron chi connectivity index (χ3n) is 12.7. The van der Waals surface area contributed by atoms with Crippen LogP contribution in [0.25, 0.3) is 76.1 Å². The molecule has 0 fully saturated rings. The van der Waals surface area contributed by atoms with E-state index < -0.39 is 0 Å². The fraction of sp³-hybridized carbons (Fsp3) is 0. The molecule has 0 saturated carbocycles. The molecule has 64 heavy (non-hydrogen) atoms. The van der Waals surface area contributed by atoms with E-state index in [0.717, 1.165) is 34.1 Å². The Bertz CT molecular complexity index is 3620. The molecule has 0 unspecified atom stereocenters. The summed E-state index contributed by atoms with van der Waals surface area (Å²) in [4.78, 5) is 4.77. The molecular formula is C62H42N2. The Kier molecular flexibility index (Phi) is 9.20. The molecule has 0 saturated heterocycles. The van der Waals surface area contributed by atoms with E-state index in [-0.39, 0.29) is 0 Å². The quantitative estimate of drug-likeness (QED) is 0.111. The minimum Gasteiger partial charge on any atom is -0.310 e. The first-order chi connectivity index (χ1) is 31.8. The number of para-hydroxylation sites is 3. The number of benzene rings is 12. The van der Waals surface area contributed by atoms with Gasteiger partial charge in [-0.15, -0.1) is 0 Å². The number of fused-ring (bicyclic) bond motifs is 6. The molecule has 2 nitrogen and oxygen atoms in total. The topological polar surface area (TPSA) is 6.48 Å². The number of anilines is 6. The third kappa shape index (κ3) is 6.44. The van der Waals surface area contributed by atoms with Crippen LogP contribution in [-0.2, 0) is 0 Å². The minimum atomic E-state index is 1.09. The third-order valence-corrected chi connectivity index (χ3v) is 12.7. The van der Waals surface area contributed by atoms with Gasteiger partial charge in [0.25, 0.3) is 0 Å². The van der Waals surface area contributed by atoms with Crippen molar-refractivity contribution < 1.29 is 0 Å². The van der Waals surface area contributed by atoms with Gasteiger partial charge >= 0.3 is 0 Å². The number of rotatable bonds is 8. The SMILES string of the molecule is c1ccc(-c2c3cc(N(c4ccccc4)c4ccc5ccccc5c4)ccc3c(-c3cc4ccccc4c4ccccc34)c3cc(N(c4ccccc4)c4ccccc4)ccc23)cc1. The lowest BCUT2D eigenvalue weighted by Gasteiger charge is -2.28. The molecule has 12 aromatic carbocycles. The lowest BCUT2D eigenvalue weighted by Crippen LogP contribution is -2.10. The maximum atomic E-state index is 2.43. The Morgan fingerprint density at radius 1 is 0.203 bits per heavy atom. The van der Waals surface area contributed by atoms with Crippen molar-refractivity contribution in [2.75, 3.05) is 9.80 Å². The van der Waals surface area contributed by atoms with E-state index in [1.165, 1.54) is 76.1 Å². The predicted octanol–water partition coefficient (Wildman–Crippen LogP) is 17.7. The number of nitrogens with zero attached hydrogens (tertiary/aromatic N) is 2. The molecule has 12 rings (SSSR count). The molecule has 0 radical (unpaired) electrons. The molecule has 0 amide bonds. The Morgan fingerprint density at radius 2 is 0.625 bits per heavy atom. The fourth-order valence-corrected chi connectivity index (χ4v) is 9.89. The van der Waals surface area contributed by atoms with Crippen molar-refractivity contribution in [3.05, 3.63) is 255 Å². The summed E-state index contributed by atoms with van der Waals surface area (Å²) in [5.74, 6) is 0. The molecule has 0 heterocycles. The van der Waals surface area contributed by atoms with Gasteiger partial charge in [-0.25, -0.2) is 0 Å². The van der Waals surface area contributed by atoms with Gasteiger partial charge in [0.15, 0.2) is 0 Å². The van der Waals surface area contributed by atoms with Crippen molar-refractivity contribution in [1.82, 2.24) is 0 Å². The van der Waals surface area contributed by atoms with E-state index in [2.05, 4.69) is 265 Å². The van der Waals surface area contributed by atoms with Gasteiger partial charge in [0.05, 0.1) is 0 Å². The normalized spacial score (nSPS) is 11.4. The second-order valence-corrected chi connectivity index (χ2v) is 16.5.